The number of rotatable bonds is 7. The first-order valence-corrected chi connectivity index (χ1v) is 7.00. The molecule has 19 heavy (non-hydrogen) atoms. The summed E-state index contributed by atoms with van der Waals surface area (Å²) in [5.74, 6) is -0.184. The summed E-state index contributed by atoms with van der Waals surface area (Å²) in [7, 11) is 0. The van der Waals surface area contributed by atoms with E-state index < -0.39 is 0 Å². The van der Waals surface area contributed by atoms with E-state index in [1.165, 1.54) is 11.1 Å². The molecule has 0 aromatic carbocycles. The second-order valence-electron chi connectivity index (χ2n) is 5.27. The van der Waals surface area contributed by atoms with E-state index in [9.17, 15) is 4.79 Å². The topological polar surface area (TPSA) is 26.3 Å². The van der Waals surface area contributed by atoms with Crippen LogP contribution < -0.4 is 0 Å². The molecule has 0 aliphatic heterocycles. The number of esters is 1. The van der Waals surface area contributed by atoms with Crippen molar-refractivity contribution in [2.45, 2.75) is 60.8 Å². The molecule has 0 aliphatic carbocycles. The van der Waals surface area contributed by atoms with E-state index in [0.29, 0.717) is 13.0 Å². The van der Waals surface area contributed by atoms with Gasteiger partial charge in [0.15, 0.2) is 0 Å². The number of carbonyl (C=O) groups is 1. The highest BCUT2D eigenvalue weighted by Crippen LogP contribution is 2.15. The Morgan fingerprint density at radius 2 is 1.68 bits per heavy atom. The lowest BCUT2D eigenvalue weighted by atomic mass is 10.0. The van der Waals surface area contributed by atoms with E-state index in [-0.39, 0.29) is 5.97 Å². The molecule has 0 bridgehead atoms. The highest BCUT2D eigenvalue weighted by molar-refractivity contribution is 5.89. The lowest BCUT2D eigenvalue weighted by Gasteiger charge is -2.07. The molecule has 0 saturated heterocycles. The summed E-state index contributed by atoms with van der Waals surface area (Å²) in [6, 6.07) is 0. The van der Waals surface area contributed by atoms with Crippen LogP contribution in [0.1, 0.15) is 60.8 Å². The van der Waals surface area contributed by atoms with Crippen LogP contribution in [-0.2, 0) is 9.53 Å². The van der Waals surface area contributed by atoms with Gasteiger partial charge in [0.25, 0.3) is 0 Å². The first-order chi connectivity index (χ1) is 8.88. The predicted octanol–water partition coefficient (Wildman–Crippen LogP) is 4.97. The lowest BCUT2D eigenvalue weighted by Crippen LogP contribution is -2.08. The Kier molecular flexibility index (Phi) is 8.94. The van der Waals surface area contributed by atoms with Crippen molar-refractivity contribution in [3.63, 3.8) is 0 Å². The van der Waals surface area contributed by atoms with Crippen LogP contribution in [0.3, 0.4) is 0 Å². The zero-order chi connectivity index (χ0) is 14.8. The monoisotopic (exact) mass is 264 g/mol. The molecule has 0 fully saturated rings. The van der Waals surface area contributed by atoms with E-state index >= 15 is 0 Å². The molecule has 0 amide bonds. The molecule has 0 unspecified atom stereocenters. The predicted molar refractivity (Wildman–Crippen MR) is 82.0 cm³/mol. The number of allylic oxidation sites excluding steroid dienone is 5. The van der Waals surface area contributed by atoms with E-state index in [4.69, 9.17) is 4.74 Å². The third-order valence-electron chi connectivity index (χ3n) is 2.87. The van der Waals surface area contributed by atoms with Gasteiger partial charge < -0.3 is 4.74 Å². The van der Waals surface area contributed by atoms with Gasteiger partial charge in [-0.2, -0.15) is 0 Å². The fraction of sp³-hybridized carbons (Fsp3) is 0.588. The summed E-state index contributed by atoms with van der Waals surface area (Å²) >= 11 is 0. The minimum absolute atomic E-state index is 0.184. The van der Waals surface area contributed by atoms with Gasteiger partial charge in [0, 0.05) is 5.57 Å². The van der Waals surface area contributed by atoms with Gasteiger partial charge in [-0.15, -0.1) is 0 Å². The molecule has 108 valence electrons. The molecule has 0 heterocycles. The zero-order valence-corrected chi connectivity index (χ0v) is 13.3. The van der Waals surface area contributed by atoms with Crippen LogP contribution in [0.4, 0.5) is 0 Å². The second kappa shape index (κ2) is 9.60. The van der Waals surface area contributed by atoms with Crippen LogP contribution >= 0.6 is 0 Å². The Morgan fingerprint density at radius 1 is 1.05 bits per heavy atom. The van der Waals surface area contributed by atoms with Crippen molar-refractivity contribution in [1.82, 2.24) is 0 Å². The number of hydrogen-bond donors (Lipinski definition) is 0. The molecule has 0 aromatic rings. The molecule has 0 saturated carbocycles. The highest BCUT2D eigenvalue weighted by Gasteiger charge is 2.10. The van der Waals surface area contributed by atoms with Gasteiger partial charge in [0.1, 0.15) is 0 Å². The van der Waals surface area contributed by atoms with Crippen molar-refractivity contribution in [2.75, 3.05) is 6.61 Å². The van der Waals surface area contributed by atoms with Crippen molar-refractivity contribution in [2.24, 2.45) is 0 Å². The van der Waals surface area contributed by atoms with Crippen LogP contribution in [0.25, 0.3) is 0 Å². The van der Waals surface area contributed by atoms with Crippen molar-refractivity contribution in [1.29, 1.82) is 0 Å². The molecule has 0 N–H and O–H groups in total. The summed E-state index contributed by atoms with van der Waals surface area (Å²) in [6.45, 7) is 12.5. The smallest absolute Gasteiger partial charge is 0.334 e. The van der Waals surface area contributed by atoms with Crippen molar-refractivity contribution in [3.05, 3.63) is 34.4 Å². The molecule has 0 atom stereocenters. The molecule has 0 spiro atoms. The van der Waals surface area contributed by atoms with Gasteiger partial charge in [0.2, 0.25) is 0 Å². The maximum atomic E-state index is 11.8. The average molecular weight is 264 g/mol. The third kappa shape index (κ3) is 8.41. The first kappa shape index (κ1) is 17.7. The quantitative estimate of drug-likeness (QED) is 0.369. The van der Waals surface area contributed by atoms with Crippen LogP contribution in [0, 0.1) is 0 Å². The van der Waals surface area contributed by atoms with E-state index in [0.717, 1.165) is 24.0 Å². The lowest BCUT2D eigenvalue weighted by molar-refractivity contribution is -0.138. The van der Waals surface area contributed by atoms with Gasteiger partial charge in [0.05, 0.1) is 6.61 Å². The summed E-state index contributed by atoms with van der Waals surface area (Å²) < 4.78 is 5.07. The molecule has 0 aromatic heterocycles. The Hall–Kier alpha value is -1.31. The minimum Gasteiger partial charge on any atom is -0.463 e. The minimum atomic E-state index is -0.184. The average Bonchev–Trinajstić information content (AvgIpc) is 2.28. The fourth-order valence-corrected chi connectivity index (χ4v) is 1.68. The molecule has 2 heteroatoms. The molecular weight excluding hydrogens is 236 g/mol. The Balaban J connectivity index is 4.51. The van der Waals surface area contributed by atoms with Gasteiger partial charge in [-0.25, -0.2) is 4.79 Å². The van der Waals surface area contributed by atoms with Crippen LogP contribution in [0.5, 0.6) is 0 Å². The fourth-order valence-electron chi connectivity index (χ4n) is 1.68. The molecule has 0 aliphatic rings. The third-order valence-corrected chi connectivity index (χ3v) is 2.87. The largest absolute Gasteiger partial charge is 0.463 e. The van der Waals surface area contributed by atoms with E-state index in [2.05, 4.69) is 32.9 Å². The molecule has 2 nitrogen and oxygen atoms in total. The summed E-state index contributed by atoms with van der Waals surface area (Å²) in [5.41, 5.74) is 4.49. The van der Waals surface area contributed by atoms with Gasteiger partial charge >= 0.3 is 5.97 Å². The maximum Gasteiger partial charge on any atom is 0.334 e. The molecular formula is C17H28O2. The molecule has 0 rings (SSSR count). The standard InChI is InChI=1S/C17H28O2/c1-7-19-17(18)16(14(4)5)12-11-15(6)10-8-9-13(2)3/h9,11H,7-8,10,12H2,1-6H3/b15-11+. The van der Waals surface area contributed by atoms with Gasteiger partial charge in [-0.05, 0) is 60.8 Å². The number of hydrogen-bond acceptors (Lipinski definition) is 2. The highest BCUT2D eigenvalue weighted by atomic mass is 16.5. The SMILES string of the molecule is CCOC(=O)C(C/C=C(\C)CCC=C(C)C)=C(C)C. The Bertz CT molecular complexity index is 376. The van der Waals surface area contributed by atoms with Crippen LogP contribution in [-0.4, -0.2) is 12.6 Å². The number of carbonyl (C=O) groups excluding carboxylic acids is 1. The normalized spacial score (nSPS) is 10.9. The summed E-state index contributed by atoms with van der Waals surface area (Å²) in [4.78, 5) is 11.8. The Morgan fingerprint density at radius 3 is 2.16 bits per heavy atom. The van der Waals surface area contributed by atoms with E-state index in [1.807, 2.05) is 20.8 Å². The summed E-state index contributed by atoms with van der Waals surface area (Å²) in [6.07, 6.45) is 7.16. The summed E-state index contributed by atoms with van der Waals surface area (Å²) in [5, 5.41) is 0. The van der Waals surface area contributed by atoms with E-state index in [1.54, 1.807) is 0 Å². The molecule has 0 radical (unpaired) electrons. The maximum absolute atomic E-state index is 11.8. The Labute approximate surface area is 118 Å². The van der Waals surface area contributed by atoms with Crippen molar-refractivity contribution >= 4 is 5.97 Å². The van der Waals surface area contributed by atoms with Crippen LogP contribution in [0.2, 0.25) is 0 Å². The van der Waals surface area contributed by atoms with Gasteiger partial charge in [-0.1, -0.05) is 28.9 Å². The van der Waals surface area contributed by atoms with Crippen molar-refractivity contribution < 1.29 is 9.53 Å². The van der Waals surface area contributed by atoms with Gasteiger partial charge in [-0.3, -0.25) is 0 Å². The van der Waals surface area contributed by atoms with Crippen LogP contribution in [0.15, 0.2) is 34.4 Å². The second-order valence-corrected chi connectivity index (χ2v) is 5.27. The number of ether oxygens (including phenoxy) is 1. The zero-order valence-electron chi connectivity index (χ0n) is 13.3. The van der Waals surface area contributed by atoms with Crippen molar-refractivity contribution in [3.8, 4) is 0 Å². The first-order valence-electron chi connectivity index (χ1n) is 7.00.